The van der Waals surface area contributed by atoms with E-state index in [-0.39, 0.29) is 5.97 Å². The fourth-order valence-corrected chi connectivity index (χ4v) is 1.32. The second kappa shape index (κ2) is 10.5. The van der Waals surface area contributed by atoms with E-state index in [2.05, 4.69) is 6.58 Å². The molecule has 0 rings (SSSR count). The third kappa shape index (κ3) is 8.27. The number of esters is 1. The molecule has 2 heteroatoms. The maximum Gasteiger partial charge on any atom is 0.333 e. The van der Waals surface area contributed by atoms with Crippen LogP contribution in [0.5, 0.6) is 0 Å². The molecule has 0 aliphatic rings. The maximum atomic E-state index is 11.2. The number of hydrogen-bond donors (Lipinski definition) is 0. The van der Waals surface area contributed by atoms with Gasteiger partial charge in [-0.1, -0.05) is 31.4 Å². The van der Waals surface area contributed by atoms with Gasteiger partial charge in [-0.2, -0.15) is 0 Å². The predicted molar refractivity (Wildman–Crippen MR) is 68.3 cm³/mol. The first-order valence-corrected chi connectivity index (χ1v) is 6.13. The summed E-state index contributed by atoms with van der Waals surface area (Å²) in [5.41, 5.74) is 0.686. The minimum atomic E-state index is -0.186. The van der Waals surface area contributed by atoms with Crippen molar-refractivity contribution in [1.29, 1.82) is 0 Å². The molecule has 0 aromatic carbocycles. The maximum absolute atomic E-state index is 11.2. The minimum absolute atomic E-state index is 0.186. The summed E-state index contributed by atoms with van der Waals surface area (Å²) in [4.78, 5) is 11.2. The summed E-state index contributed by atoms with van der Waals surface area (Å²) in [5, 5.41) is 0. The van der Waals surface area contributed by atoms with E-state index >= 15 is 0 Å². The SMILES string of the molecule is C=CCCCCCCCOC(=O)/C(C)=C/C. The van der Waals surface area contributed by atoms with Crippen LogP contribution in [0, 0.1) is 0 Å². The van der Waals surface area contributed by atoms with Gasteiger partial charge in [0.2, 0.25) is 0 Å². The minimum Gasteiger partial charge on any atom is -0.462 e. The number of hydrogen-bond acceptors (Lipinski definition) is 2. The first-order chi connectivity index (χ1) is 7.72. The van der Waals surface area contributed by atoms with Gasteiger partial charge >= 0.3 is 5.97 Å². The van der Waals surface area contributed by atoms with Crippen LogP contribution in [0.2, 0.25) is 0 Å². The van der Waals surface area contributed by atoms with Crippen molar-refractivity contribution < 1.29 is 9.53 Å². The van der Waals surface area contributed by atoms with Gasteiger partial charge in [-0.05, 0) is 33.1 Å². The van der Waals surface area contributed by atoms with E-state index in [1.54, 1.807) is 13.0 Å². The molecule has 0 amide bonds. The Balaban J connectivity index is 3.27. The molecule has 0 atom stereocenters. The van der Waals surface area contributed by atoms with Crippen LogP contribution >= 0.6 is 0 Å². The molecule has 0 unspecified atom stereocenters. The van der Waals surface area contributed by atoms with Gasteiger partial charge < -0.3 is 4.74 Å². The molecule has 0 aliphatic carbocycles. The van der Waals surface area contributed by atoms with Gasteiger partial charge in [0.05, 0.1) is 6.61 Å². The van der Waals surface area contributed by atoms with Gasteiger partial charge in [0.15, 0.2) is 0 Å². The predicted octanol–water partition coefficient (Wildman–Crippen LogP) is 4.02. The average Bonchev–Trinajstić information content (AvgIpc) is 2.31. The quantitative estimate of drug-likeness (QED) is 0.256. The molecular weight excluding hydrogens is 200 g/mol. The molecule has 0 heterocycles. The molecular formula is C14H24O2. The fraction of sp³-hybridized carbons (Fsp3) is 0.643. The summed E-state index contributed by atoms with van der Waals surface area (Å²) in [5.74, 6) is -0.186. The van der Waals surface area contributed by atoms with E-state index in [1.807, 2.05) is 13.0 Å². The van der Waals surface area contributed by atoms with E-state index in [4.69, 9.17) is 4.74 Å². The van der Waals surface area contributed by atoms with Crippen molar-refractivity contribution in [2.75, 3.05) is 6.61 Å². The van der Waals surface area contributed by atoms with E-state index in [1.165, 1.54) is 19.3 Å². The molecule has 92 valence electrons. The smallest absolute Gasteiger partial charge is 0.333 e. The molecule has 0 aromatic heterocycles. The molecule has 0 aliphatic heterocycles. The number of ether oxygens (including phenoxy) is 1. The highest BCUT2D eigenvalue weighted by molar-refractivity contribution is 5.87. The lowest BCUT2D eigenvalue weighted by molar-refractivity contribution is -0.139. The summed E-state index contributed by atoms with van der Waals surface area (Å²) >= 11 is 0. The molecule has 16 heavy (non-hydrogen) atoms. The third-order valence-electron chi connectivity index (χ3n) is 2.54. The molecule has 0 saturated carbocycles. The molecule has 0 spiro atoms. The Morgan fingerprint density at radius 1 is 1.19 bits per heavy atom. The molecule has 0 aromatic rings. The van der Waals surface area contributed by atoms with Crippen LogP contribution in [0.1, 0.15) is 52.4 Å². The van der Waals surface area contributed by atoms with Crippen molar-refractivity contribution in [2.45, 2.75) is 52.4 Å². The summed E-state index contributed by atoms with van der Waals surface area (Å²) in [6.45, 7) is 7.86. The van der Waals surface area contributed by atoms with Gasteiger partial charge in [-0.3, -0.25) is 0 Å². The number of allylic oxidation sites excluding steroid dienone is 2. The molecule has 2 nitrogen and oxygen atoms in total. The second-order valence-corrected chi connectivity index (χ2v) is 3.95. The van der Waals surface area contributed by atoms with E-state index in [9.17, 15) is 4.79 Å². The number of rotatable bonds is 9. The standard InChI is InChI=1S/C14H24O2/c1-4-6-7-8-9-10-11-12-16-14(15)13(3)5-2/h4-5H,1,6-12H2,2-3H3/b13-5+. The monoisotopic (exact) mass is 224 g/mol. The Bertz CT molecular complexity index is 229. The molecule has 0 N–H and O–H groups in total. The summed E-state index contributed by atoms with van der Waals surface area (Å²) < 4.78 is 5.10. The summed E-state index contributed by atoms with van der Waals surface area (Å²) in [6, 6.07) is 0. The van der Waals surface area contributed by atoms with Gasteiger partial charge in [0.25, 0.3) is 0 Å². The Hall–Kier alpha value is -1.05. The van der Waals surface area contributed by atoms with Crippen LogP contribution in [-0.4, -0.2) is 12.6 Å². The largest absolute Gasteiger partial charge is 0.462 e. The zero-order valence-electron chi connectivity index (χ0n) is 10.6. The zero-order valence-corrected chi connectivity index (χ0v) is 10.6. The number of carbonyl (C=O) groups is 1. The fourth-order valence-electron chi connectivity index (χ4n) is 1.32. The Kier molecular flexibility index (Phi) is 9.78. The number of unbranched alkanes of at least 4 members (excludes halogenated alkanes) is 5. The van der Waals surface area contributed by atoms with E-state index in [0.29, 0.717) is 12.2 Å². The topological polar surface area (TPSA) is 26.3 Å². The van der Waals surface area contributed by atoms with Crippen molar-refractivity contribution in [3.63, 3.8) is 0 Å². The third-order valence-corrected chi connectivity index (χ3v) is 2.54. The normalized spacial score (nSPS) is 11.2. The first kappa shape index (κ1) is 14.9. The summed E-state index contributed by atoms with van der Waals surface area (Å²) in [7, 11) is 0. The lowest BCUT2D eigenvalue weighted by Gasteiger charge is -2.04. The van der Waals surface area contributed by atoms with E-state index < -0.39 is 0 Å². The molecule has 0 radical (unpaired) electrons. The Morgan fingerprint density at radius 3 is 2.44 bits per heavy atom. The molecule has 0 saturated heterocycles. The lowest BCUT2D eigenvalue weighted by Crippen LogP contribution is -2.06. The van der Waals surface area contributed by atoms with Crippen LogP contribution in [0.15, 0.2) is 24.3 Å². The van der Waals surface area contributed by atoms with Crippen LogP contribution in [0.4, 0.5) is 0 Å². The second-order valence-electron chi connectivity index (χ2n) is 3.95. The van der Waals surface area contributed by atoms with E-state index in [0.717, 1.165) is 19.3 Å². The van der Waals surface area contributed by atoms with Crippen molar-refractivity contribution in [3.8, 4) is 0 Å². The highest BCUT2D eigenvalue weighted by Crippen LogP contribution is 2.06. The Labute approximate surface area is 99.4 Å². The van der Waals surface area contributed by atoms with Crippen LogP contribution < -0.4 is 0 Å². The molecule has 0 fully saturated rings. The zero-order chi connectivity index (χ0) is 12.2. The highest BCUT2D eigenvalue weighted by Gasteiger charge is 2.02. The van der Waals surface area contributed by atoms with Gasteiger partial charge in [-0.15, -0.1) is 6.58 Å². The van der Waals surface area contributed by atoms with Crippen LogP contribution in [0.3, 0.4) is 0 Å². The van der Waals surface area contributed by atoms with Crippen molar-refractivity contribution in [2.24, 2.45) is 0 Å². The average molecular weight is 224 g/mol. The van der Waals surface area contributed by atoms with Crippen LogP contribution in [-0.2, 0) is 9.53 Å². The van der Waals surface area contributed by atoms with Gasteiger partial charge in [-0.25, -0.2) is 4.79 Å². The van der Waals surface area contributed by atoms with Gasteiger partial charge in [0.1, 0.15) is 0 Å². The van der Waals surface area contributed by atoms with Crippen molar-refractivity contribution >= 4 is 5.97 Å². The van der Waals surface area contributed by atoms with Gasteiger partial charge in [0, 0.05) is 5.57 Å². The van der Waals surface area contributed by atoms with Crippen molar-refractivity contribution in [3.05, 3.63) is 24.3 Å². The first-order valence-electron chi connectivity index (χ1n) is 6.13. The lowest BCUT2D eigenvalue weighted by atomic mass is 10.1. The highest BCUT2D eigenvalue weighted by atomic mass is 16.5. The number of carbonyl (C=O) groups excluding carboxylic acids is 1. The Morgan fingerprint density at radius 2 is 1.81 bits per heavy atom. The molecule has 0 bridgehead atoms. The summed E-state index contributed by atoms with van der Waals surface area (Å²) in [6.07, 6.45) is 10.6. The van der Waals surface area contributed by atoms with Crippen LogP contribution in [0.25, 0.3) is 0 Å². The van der Waals surface area contributed by atoms with Crippen molar-refractivity contribution in [1.82, 2.24) is 0 Å².